The van der Waals surface area contributed by atoms with E-state index in [-0.39, 0.29) is 17.1 Å². The van der Waals surface area contributed by atoms with Crippen LogP contribution in [0.2, 0.25) is 0 Å². The van der Waals surface area contributed by atoms with Crippen LogP contribution in [0.3, 0.4) is 0 Å². The Bertz CT molecular complexity index is 305. The summed E-state index contributed by atoms with van der Waals surface area (Å²) in [5, 5.41) is 0. The van der Waals surface area contributed by atoms with Crippen LogP contribution in [0.4, 0.5) is 0 Å². The van der Waals surface area contributed by atoms with Crippen molar-refractivity contribution < 1.29 is 14.3 Å². The number of rotatable bonds is 8. The summed E-state index contributed by atoms with van der Waals surface area (Å²) < 4.78 is 10.5. The lowest BCUT2D eigenvalue weighted by atomic mass is 10.1. The lowest BCUT2D eigenvalue weighted by Gasteiger charge is -2.09. The van der Waals surface area contributed by atoms with E-state index >= 15 is 0 Å². The second-order valence-corrected chi connectivity index (χ2v) is 4.49. The Kier molecular flexibility index (Phi) is 9.23. The van der Waals surface area contributed by atoms with E-state index in [1.54, 1.807) is 6.92 Å². The molecule has 0 atom stereocenters. The van der Waals surface area contributed by atoms with E-state index in [9.17, 15) is 4.79 Å². The first-order valence-electron chi connectivity index (χ1n) is 5.44. The number of carbonyl (C=O) groups excluding carboxylic acids is 1. The first kappa shape index (κ1) is 16.5. The minimum Gasteiger partial charge on any atom is -0.471 e. The van der Waals surface area contributed by atoms with E-state index in [0.717, 1.165) is 12.8 Å². The maximum atomic E-state index is 11.3. The maximum Gasteiger partial charge on any atom is 0.188 e. The number of halogens is 2. The normalized spacial score (nSPS) is 11.8. The highest BCUT2D eigenvalue weighted by Gasteiger charge is 2.07. The molecule has 0 saturated heterocycles. The topological polar surface area (TPSA) is 35.5 Å². The Labute approximate surface area is 112 Å². The van der Waals surface area contributed by atoms with Gasteiger partial charge in [-0.3, -0.25) is 4.79 Å². The Morgan fingerprint density at radius 3 is 2.41 bits per heavy atom. The van der Waals surface area contributed by atoms with Crippen LogP contribution in [-0.2, 0) is 14.3 Å². The summed E-state index contributed by atoms with van der Waals surface area (Å²) in [5.74, 6) is 0.294. The predicted molar refractivity (Wildman–Crippen MR) is 70.0 cm³/mol. The molecule has 0 aliphatic heterocycles. The SMILES string of the molecule is CCCCOCO/C(C)=C(/C=C(Cl)Cl)C(C)=O. The predicted octanol–water partition coefficient (Wildman–Crippen LogP) is 3.96. The fourth-order valence-electron chi connectivity index (χ4n) is 1.07. The monoisotopic (exact) mass is 280 g/mol. The Hall–Kier alpha value is -0.510. The highest BCUT2D eigenvalue weighted by molar-refractivity contribution is 6.56. The number of allylic oxidation sites excluding steroid dienone is 3. The average molecular weight is 281 g/mol. The van der Waals surface area contributed by atoms with E-state index in [0.29, 0.717) is 17.9 Å². The Morgan fingerprint density at radius 1 is 1.29 bits per heavy atom. The van der Waals surface area contributed by atoms with Gasteiger partial charge in [0.05, 0.1) is 12.2 Å². The van der Waals surface area contributed by atoms with Gasteiger partial charge in [-0.15, -0.1) is 0 Å². The van der Waals surface area contributed by atoms with Crippen LogP contribution in [0, 0.1) is 0 Å². The molecule has 0 heterocycles. The van der Waals surface area contributed by atoms with Crippen molar-refractivity contribution in [2.75, 3.05) is 13.4 Å². The van der Waals surface area contributed by atoms with E-state index in [4.69, 9.17) is 32.7 Å². The summed E-state index contributed by atoms with van der Waals surface area (Å²) in [4.78, 5) is 11.3. The van der Waals surface area contributed by atoms with Gasteiger partial charge in [-0.1, -0.05) is 36.5 Å². The molecule has 0 fully saturated rings. The summed E-state index contributed by atoms with van der Waals surface area (Å²) in [6.45, 7) is 5.94. The summed E-state index contributed by atoms with van der Waals surface area (Å²) in [6, 6.07) is 0. The minimum absolute atomic E-state index is 0.0186. The van der Waals surface area contributed by atoms with E-state index in [1.807, 2.05) is 0 Å². The third-order valence-corrected chi connectivity index (χ3v) is 2.23. The number of ketones is 1. The molecule has 0 rings (SSSR count). The molecule has 0 aliphatic rings. The molecule has 0 aromatic carbocycles. The van der Waals surface area contributed by atoms with Crippen LogP contribution in [-0.4, -0.2) is 19.2 Å². The molecule has 0 spiro atoms. The lowest BCUT2D eigenvalue weighted by Crippen LogP contribution is -2.05. The standard InChI is InChI=1S/C12H18Cl2O3/c1-4-5-6-16-8-17-10(3)11(9(2)15)7-12(13)14/h7H,4-6,8H2,1-3H3/b11-10-. The first-order valence-corrected chi connectivity index (χ1v) is 6.19. The second-order valence-electron chi connectivity index (χ2n) is 3.48. The molecule has 17 heavy (non-hydrogen) atoms. The van der Waals surface area contributed by atoms with Crippen molar-refractivity contribution in [1.82, 2.24) is 0 Å². The fourth-order valence-corrected chi connectivity index (χ4v) is 1.29. The van der Waals surface area contributed by atoms with Crippen molar-refractivity contribution in [2.45, 2.75) is 33.6 Å². The fraction of sp³-hybridized carbons (Fsp3) is 0.583. The smallest absolute Gasteiger partial charge is 0.188 e. The molecular weight excluding hydrogens is 263 g/mol. The van der Waals surface area contributed by atoms with Crippen LogP contribution in [0.25, 0.3) is 0 Å². The summed E-state index contributed by atoms with van der Waals surface area (Å²) in [5.41, 5.74) is 0.351. The largest absolute Gasteiger partial charge is 0.471 e. The van der Waals surface area contributed by atoms with Gasteiger partial charge >= 0.3 is 0 Å². The van der Waals surface area contributed by atoms with Crippen LogP contribution >= 0.6 is 23.2 Å². The zero-order valence-electron chi connectivity index (χ0n) is 10.4. The molecule has 0 aromatic rings. The molecule has 0 amide bonds. The number of ether oxygens (including phenoxy) is 2. The van der Waals surface area contributed by atoms with Crippen molar-refractivity contribution in [2.24, 2.45) is 0 Å². The third kappa shape index (κ3) is 8.25. The molecule has 0 aromatic heterocycles. The highest BCUT2D eigenvalue weighted by atomic mass is 35.5. The number of hydrogen-bond acceptors (Lipinski definition) is 3. The Balaban J connectivity index is 4.33. The van der Waals surface area contributed by atoms with Gasteiger partial charge < -0.3 is 9.47 Å². The number of carbonyl (C=O) groups is 1. The molecule has 0 aliphatic carbocycles. The van der Waals surface area contributed by atoms with Crippen LogP contribution in [0.15, 0.2) is 21.9 Å². The van der Waals surface area contributed by atoms with Crippen molar-refractivity contribution in [3.63, 3.8) is 0 Å². The number of hydrogen-bond donors (Lipinski definition) is 0. The molecular formula is C12H18Cl2O3. The van der Waals surface area contributed by atoms with Crippen LogP contribution in [0.5, 0.6) is 0 Å². The van der Waals surface area contributed by atoms with Crippen LogP contribution in [0.1, 0.15) is 33.6 Å². The van der Waals surface area contributed by atoms with Gasteiger partial charge in [-0.2, -0.15) is 0 Å². The van der Waals surface area contributed by atoms with Crippen LogP contribution < -0.4 is 0 Å². The van der Waals surface area contributed by atoms with E-state index in [2.05, 4.69) is 6.92 Å². The quantitative estimate of drug-likeness (QED) is 0.222. The van der Waals surface area contributed by atoms with Gasteiger partial charge in [0.25, 0.3) is 0 Å². The summed E-state index contributed by atoms with van der Waals surface area (Å²) in [6.07, 6.45) is 3.42. The zero-order chi connectivity index (χ0) is 13.3. The molecule has 3 nitrogen and oxygen atoms in total. The van der Waals surface area contributed by atoms with Gasteiger partial charge in [0, 0.05) is 0 Å². The van der Waals surface area contributed by atoms with Crippen molar-refractivity contribution in [1.29, 1.82) is 0 Å². The number of unbranched alkanes of at least 4 members (excludes halogenated alkanes) is 1. The van der Waals surface area contributed by atoms with Gasteiger partial charge in [0.1, 0.15) is 10.3 Å². The van der Waals surface area contributed by atoms with Crippen molar-refractivity contribution >= 4 is 29.0 Å². The van der Waals surface area contributed by atoms with Gasteiger partial charge in [-0.25, -0.2) is 0 Å². The maximum absolute atomic E-state index is 11.3. The second kappa shape index (κ2) is 9.51. The van der Waals surface area contributed by atoms with Gasteiger partial charge in [-0.05, 0) is 26.3 Å². The molecule has 0 radical (unpaired) electrons. The molecule has 0 unspecified atom stereocenters. The van der Waals surface area contributed by atoms with Crippen molar-refractivity contribution in [3.05, 3.63) is 21.9 Å². The molecule has 0 N–H and O–H groups in total. The number of Topliss-reactive ketones (excluding diaryl/α,β-unsaturated/α-hetero) is 1. The minimum atomic E-state index is -0.158. The molecule has 98 valence electrons. The molecule has 5 heteroatoms. The molecule has 0 bridgehead atoms. The average Bonchev–Trinajstić information content (AvgIpc) is 2.24. The first-order chi connectivity index (χ1) is 7.99. The lowest BCUT2D eigenvalue weighted by molar-refractivity contribution is -0.113. The van der Waals surface area contributed by atoms with E-state index < -0.39 is 0 Å². The summed E-state index contributed by atoms with van der Waals surface area (Å²) in [7, 11) is 0. The Morgan fingerprint density at radius 2 is 1.94 bits per heavy atom. The highest BCUT2D eigenvalue weighted by Crippen LogP contribution is 2.16. The van der Waals surface area contributed by atoms with Gasteiger partial charge in [0.2, 0.25) is 0 Å². The van der Waals surface area contributed by atoms with Crippen molar-refractivity contribution in [3.8, 4) is 0 Å². The summed E-state index contributed by atoms with van der Waals surface area (Å²) >= 11 is 11.0. The zero-order valence-corrected chi connectivity index (χ0v) is 11.9. The molecule has 0 saturated carbocycles. The third-order valence-electron chi connectivity index (χ3n) is 2.01. The van der Waals surface area contributed by atoms with Gasteiger partial charge in [0.15, 0.2) is 12.6 Å². The van der Waals surface area contributed by atoms with E-state index in [1.165, 1.54) is 13.0 Å².